The summed E-state index contributed by atoms with van der Waals surface area (Å²) in [6.07, 6.45) is 2.01. The lowest BCUT2D eigenvalue weighted by Gasteiger charge is -2.24. The molecule has 0 atom stereocenters. The van der Waals surface area contributed by atoms with E-state index in [1.165, 1.54) is 6.20 Å². The molecule has 0 radical (unpaired) electrons. The fourth-order valence-corrected chi connectivity index (χ4v) is 2.91. The summed E-state index contributed by atoms with van der Waals surface area (Å²) in [4.78, 5) is 26.7. The first-order chi connectivity index (χ1) is 12.5. The third kappa shape index (κ3) is 3.05. The zero-order chi connectivity index (χ0) is 18.3. The molecule has 0 aliphatic carbocycles. The minimum Gasteiger partial charge on any atom is -0.441 e. The smallest absolute Gasteiger partial charge is 0.272 e. The molecule has 4 rings (SSSR count). The predicted octanol–water partition coefficient (Wildman–Crippen LogP) is 2.92. The fourth-order valence-electron chi connectivity index (χ4n) is 2.91. The van der Waals surface area contributed by atoms with Gasteiger partial charge in [0.1, 0.15) is 34.6 Å². The van der Waals surface area contributed by atoms with E-state index in [1.54, 1.807) is 17.9 Å². The summed E-state index contributed by atoms with van der Waals surface area (Å²) >= 11 is 0. The fraction of sp³-hybridized carbons (Fsp3) is 0.222. The van der Waals surface area contributed by atoms with Crippen LogP contribution in [0.15, 0.2) is 34.9 Å². The van der Waals surface area contributed by atoms with Gasteiger partial charge in [-0.15, -0.1) is 0 Å². The van der Waals surface area contributed by atoms with Gasteiger partial charge in [-0.05, 0) is 25.1 Å². The average molecular weight is 356 g/mol. The van der Waals surface area contributed by atoms with E-state index in [2.05, 4.69) is 15.0 Å². The number of carbonyl (C=O) groups is 1. The molecule has 0 fully saturated rings. The minimum absolute atomic E-state index is 0.139. The number of rotatable bonds is 2. The summed E-state index contributed by atoms with van der Waals surface area (Å²) in [7, 11) is 0. The molecule has 1 amide bonds. The van der Waals surface area contributed by atoms with E-state index < -0.39 is 11.6 Å². The quantitative estimate of drug-likeness (QED) is 0.706. The molecule has 1 aromatic carbocycles. The van der Waals surface area contributed by atoms with Crippen molar-refractivity contribution in [2.75, 3.05) is 6.54 Å². The molecule has 0 N–H and O–H groups in total. The van der Waals surface area contributed by atoms with Gasteiger partial charge in [-0.25, -0.2) is 23.7 Å². The maximum Gasteiger partial charge on any atom is 0.272 e. The van der Waals surface area contributed by atoms with Crippen LogP contribution in [0.3, 0.4) is 0 Å². The number of carbonyl (C=O) groups excluding carboxylic acids is 1. The summed E-state index contributed by atoms with van der Waals surface area (Å²) < 4.78 is 32.5. The first kappa shape index (κ1) is 16.3. The molecule has 0 unspecified atom stereocenters. The molecule has 132 valence electrons. The Bertz CT molecular complexity index is 982. The van der Waals surface area contributed by atoms with Gasteiger partial charge in [0.05, 0.1) is 6.54 Å². The van der Waals surface area contributed by atoms with Gasteiger partial charge in [0.15, 0.2) is 0 Å². The molecule has 6 nitrogen and oxygen atoms in total. The highest BCUT2D eigenvalue weighted by Crippen LogP contribution is 2.27. The summed E-state index contributed by atoms with van der Waals surface area (Å²) in [5.74, 6) is -0.347. The Morgan fingerprint density at radius 3 is 2.69 bits per heavy atom. The molecule has 2 aromatic heterocycles. The maximum atomic E-state index is 13.4. The van der Waals surface area contributed by atoms with Gasteiger partial charge in [-0.1, -0.05) is 0 Å². The molecule has 1 aliphatic rings. The van der Waals surface area contributed by atoms with Crippen LogP contribution in [0.1, 0.15) is 27.8 Å². The number of hydrogen-bond acceptors (Lipinski definition) is 5. The largest absolute Gasteiger partial charge is 0.441 e. The van der Waals surface area contributed by atoms with E-state index in [-0.39, 0.29) is 23.9 Å². The lowest BCUT2D eigenvalue weighted by Crippen LogP contribution is -2.36. The minimum atomic E-state index is -0.702. The third-order valence-corrected chi connectivity index (χ3v) is 4.12. The van der Waals surface area contributed by atoms with Crippen LogP contribution in [0.5, 0.6) is 0 Å². The third-order valence-electron chi connectivity index (χ3n) is 4.12. The number of aryl methyl sites for hydroxylation is 1. The molecule has 26 heavy (non-hydrogen) atoms. The summed E-state index contributed by atoms with van der Waals surface area (Å²) in [6, 6.07) is 4.67. The number of halogens is 2. The standard InChI is InChI=1S/C18H14F2N4O2/c1-10-21-4-2-14(22-10)18(25)24-5-3-16-15(9-24)23-17(26-16)11-6-12(19)8-13(20)7-11/h2,4,6-8H,3,5,9H2,1H3. The number of benzene rings is 1. The number of fused-ring (bicyclic) bond motifs is 1. The molecule has 1 aliphatic heterocycles. The SMILES string of the molecule is Cc1nccc(C(=O)N2CCc3oc(-c4cc(F)cc(F)c4)nc3C2)n1. The second-order valence-electron chi connectivity index (χ2n) is 6.01. The predicted molar refractivity (Wildman–Crippen MR) is 87.1 cm³/mol. The number of hydrogen-bond donors (Lipinski definition) is 0. The van der Waals surface area contributed by atoms with E-state index in [0.717, 1.165) is 18.2 Å². The zero-order valence-corrected chi connectivity index (χ0v) is 13.9. The summed E-state index contributed by atoms with van der Waals surface area (Å²) in [5, 5.41) is 0. The van der Waals surface area contributed by atoms with E-state index in [0.29, 0.717) is 35.9 Å². The monoisotopic (exact) mass is 356 g/mol. The van der Waals surface area contributed by atoms with Gasteiger partial charge in [0.2, 0.25) is 5.89 Å². The first-order valence-corrected chi connectivity index (χ1v) is 8.03. The van der Waals surface area contributed by atoms with Crippen molar-refractivity contribution < 1.29 is 18.0 Å². The van der Waals surface area contributed by atoms with Crippen LogP contribution in [0, 0.1) is 18.6 Å². The van der Waals surface area contributed by atoms with Gasteiger partial charge >= 0.3 is 0 Å². The Morgan fingerprint density at radius 2 is 1.96 bits per heavy atom. The zero-order valence-electron chi connectivity index (χ0n) is 13.9. The van der Waals surface area contributed by atoms with Crippen LogP contribution in [0.25, 0.3) is 11.5 Å². The van der Waals surface area contributed by atoms with Crippen LogP contribution in [0.2, 0.25) is 0 Å². The van der Waals surface area contributed by atoms with Gasteiger partial charge in [-0.2, -0.15) is 0 Å². The Kier molecular flexibility index (Phi) is 3.95. The Hall–Kier alpha value is -3.16. The van der Waals surface area contributed by atoms with Crippen molar-refractivity contribution in [2.24, 2.45) is 0 Å². The molecular formula is C18H14F2N4O2. The van der Waals surface area contributed by atoms with Crippen LogP contribution < -0.4 is 0 Å². The lowest BCUT2D eigenvalue weighted by atomic mass is 10.1. The molecule has 0 saturated carbocycles. The van der Waals surface area contributed by atoms with Crippen molar-refractivity contribution in [3.63, 3.8) is 0 Å². The second kappa shape index (κ2) is 6.29. The molecule has 3 aromatic rings. The molecule has 0 saturated heterocycles. The van der Waals surface area contributed by atoms with E-state index in [4.69, 9.17) is 4.42 Å². The van der Waals surface area contributed by atoms with Crippen LogP contribution in [-0.2, 0) is 13.0 Å². The van der Waals surface area contributed by atoms with E-state index in [1.807, 2.05) is 0 Å². The molecule has 3 heterocycles. The summed E-state index contributed by atoms with van der Waals surface area (Å²) in [5.41, 5.74) is 1.12. The van der Waals surface area contributed by atoms with Crippen molar-refractivity contribution in [1.29, 1.82) is 0 Å². The normalized spacial score (nSPS) is 13.6. The lowest BCUT2D eigenvalue weighted by molar-refractivity contribution is 0.0721. The van der Waals surface area contributed by atoms with Crippen LogP contribution in [0.4, 0.5) is 8.78 Å². The highest BCUT2D eigenvalue weighted by molar-refractivity contribution is 5.92. The molecule has 0 bridgehead atoms. The number of amides is 1. The second-order valence-corrected chi connectivity index (χ2v) is 6.01. The Morgan fingerprint density at radius 1 is 1.19 bits per heavy atom. The van der Waals surface area contributed by atoms with Crippen molar-refractivity contribution in [3.05, 3.63) is 65.1 Å². The van der Waals surface area contributed by atoms with Crippen LogP contribution >= 0.6 is 0 Å². The van der Waals surface area contributed by atoms with Crippen molar-refractivity contribution in [2.45, 2.75) is 19.9 Å². The Labute approximate surface area is 147 Å². The van der Waals surface area contributed by atoms with Gasteiger partial charge in [-0.3, -0.25) is 4.79 Å². The van der Waals surface area contributed by atoms with Gasteiger partial charge in [0, 0.05) is 30.8 Å². The number of nitrogens with zero attached hydrogens (tertiary/aromatic N) is 4. The number of aromatic nitrogens is 3. The van der Waals surface area contributed by atoms with E-state index >= 15 is 0 Å². The first-order valence-electron chi connectivity index (χ1n) is 8.03. The van der Waals surface area contributed by atoms with E-state index in [9.17, 15) is 13.6 Å². The van der Waals surface area contributed by atoms with Crippen molar-refractivity contribution in [1.82, 2.24) is 19.9 Å². The van der Waals surface area contributed by atoms with Crippen LogP contribution in [-0.4, -0.2) is 32.3 Å². The number of oxazole rings is 1. The highest BCUT2D eigenvalue weighted by Gasteiger charge is 2.27. The maximum absolute atomic E-state index is 13.4. The van der Waals surface area contributed by atoms with Gasteiger partial charge in [0.25, 0.3) is 5.91 Å². The highest BCUT2D eigenvalue weighted by atomic mass is 19.1. The summed E-state index contributed by atoms with van der Waals surface area (Å²) in [6.45, 7) is 2.41. The molecular weight excluding hydrogens is 342 g/mol. The molecule has 0 spiro atoms. The average Bonchev–Trinajstić information content (AvgIpc) is 3.03. The molecule has 8 heteroatoms. The van der Waals surface area contributed by atoms with Crippen molar-refractivity contribution >= 4 is 5.91 Å². The van der Waals surface area contributed by atoms with Gasteiger partial charge < -0.3 is 9.32 Å². The topological polar surface area (TPSA) is 72.1 Å². The van der Waals surface area contributed by atoms with Crippen molar-refractivity contribution in [3.8, 4) is 11.5 Å². The Balaban J connectivity index is 1.59.